The predicted molar refractivity (Wildman–Crippen MR) is 119 cm³/mol. The van der Waals surface area contributed by atoms with Crippen LogP contribution in [0.3, 0.4) is 0 Å². The minimum absolute atomic E-state index is 0.0653. The Kier molecular flexibility index (Phi) is 7.17. The second kappa shape index (κ2) is 10.3. The Bertz CT molecular complexity index is 1340. The Morgan fingerprint density at radius 1 is 1.11 bits per heavy atom. The summed E-state index contributed by atoms with van der Waals surface area (Å²) in [6.45, 7) is 0. The van der Waals surface area contributed by atoms with Crippen LogP contribution >= 0.6 is 23.4 Å². The maximum absolute atomic E-state index is 13.4. The van der Waals surface area contributed by atoms with Gasteiger partial charge in [-0.2, -0.15) is 0 Å². The maximum atomic E-state index is 13.4. The SMILES string of the molecule is O=C(Nc1ccc(F)c(Cl)c1)c1nnn(-c2ccc(OC(F)(F)F)cc2)c1CSc1ncccn1. The second-order valence-electron chi connectivity index (χ2n) is 6.74. The van der Waals surface area contributed by atoms with Gasteiger partial charge in [-0.3, -0.25) is 4.79 Å². The number of alkyl halides is 3. The summed E-state index contributed by atoms with van der Waals surface area (Å²) in [5, 5.41) is 10.8. The van der Waals surface area contributed by atoms with Gasteiger partial charge >= 0.3 is 6.36 Å². The summed E-state index contributed by atoms with van der Waals surface area (Å²) >= 11 is 6.97. The van der Waals surface area contributed by atoms with Gasteiger partial charge in [-0.15, -0.1) is 18.3 Å². The molecule has 1 amide bonds. The van der Waals surface area contributed by atoms with Crippen LogP contribution in [0.15, 0.2) is 66.1 Å². The van der Waals surface area contributed by atoms with Crippen molar-refractivity contribution < 1.29 is 27.1 Å². The molecule has 4 rings (SSSR count). The van der Waals surface area contributed by atoms with Crippen LogP contribution in [0, 0.1) is 5.82 Å². The van der Waals surface area contributed by atoms with Crippen LogP contribution in [0.2, 0.25) is 5.02 Å². The number of nitrogens with zero attached hydrogens (tertiary/aromatic N) is 5. The van der Waals surface area contributed by atoms with Crippen molar-refractivity contribution in [1.29, 1.82) is 0 Å². The maximum Gasteiger partial charge on any atom is 0.573 e. The van der Waals surface area contributed by atoms with Gasteiger partial charge in [-0.1, -0.05) is 28.6 Å². The van der Waals surface area contributed by atoms with E-state index in [1.54, 1.807) is 18.5 Å². The van der Waals surface area contributed by atoms with Crippen LogP contribution in [-0.4, -0.2) is 37.2 Å². The van der Waals surface area contributed by atoms with Crippen molar-refractivity contribution in [2.45, 2.75) is 17.3 Å². The van der Waals surface area contributed by atoms with Gasteiger partial charge in [-0.05, 0) is 48.5 Å². The van der Waals surface area contributed by atoms with E-state index in [-0.39, 0.29) is 22.2 Å². The van der Waals surface area contributed by atoms with Gasteiger partial charge in [0.1, 0.15) is 11.6 Å². The summed E-state index contributed by atoms with van der Waals surface area (Å²) in [5.74, 6) is -1.57. The molecule has 2 heterocycles. The zero-order chi connectivity index (χ0) is 25.0. The molecule has 0 saturated heterocycles. The third-order valence-corrected chi connectivity index (χ3v) is 5.53. The fourth-order valence-corrected chi connectivity index (χ4v) is 3.84. The number of rotatable bonds is 7. The average molecular weight is 525 g/mol. The third-order valence-electron chi connectivity index (χ3n) is 4.35. The molecule has 0 fully saturated rings. The standard InChI is InChI=1S/C21H13ClF4N6O2S/c22-15-10-12(2-7-16(15)23)29-19(33)18-17(11-35-20-27-8-1-9-28-20)32(31-30-18)13-3-5-14(6-4-13)34-21(24,25)26/h1-10H,11H2,(H,29,33). The zero-order valence-electron chi connectivity index (χ0n) is 17.3. The molecule has 4 aromatic rings. The molecule has 1 N–H and O–H groups in total. The summed E-state index contributed by atoms with van der Waals surface area (Å²) < 4.78 is 56.0. The normalized spacial score (nSPS) is 11.3. The van der Waals surface area contributed by atoms with Gasteiger partial charge in [0.05, 0.1) is 16.4 Å². The number of carbonyl (C=O) groups is 1. The first kappa shape index (κ1) is 24.4. The average Bonchev–Trinajstić information content (AvgIpc) is 3.24. The molecule has 0 aliphatic rings. The van der Waals surface area contributed by atoms with Gasteiger partial charge < -0.3 is 10.1 Å². The highest BCUT2D eigenvalue weighted by atomic mass is 35.5. The molecule has 0 atom stereocenters. The number of carbonyl (C=O) groups excluding carboxylic acids is 1. The highest BCUT2D eigenvalue weighted by Gasteiger charge is 2.31. The van der Waals surface area contributed by atoms with E-state index < -0.39 is 23.8 Å². The lowest BCUT2D eigenvalue weighted by molar-refractivity contribution is -0.274. The molecular formula is C21H13ClF4N6O2S. The van der Waals surface area contributed by atoms with E-state index in [1.165, 1.54) is 40.7 Å². The number of thioether (sulfide) groups is 1. The van der Waals surface area contributed by atoms with Crippen molar-refractivity contribution in [3.8, 4) is 11.4 Å². The monoisotopic (exact) mass is 524 g/mol. The lowest BCUT2D eigenvalue weighted by Crippen LogP contribution is -2.17. The first-order chi connectivity index (χ1) is 16.7. The Morgan fingerprint density at radius 3 is 2.49 bits per heavy atom. The highest BCUT2D eigenvalue weighted by molar-refractivity contribution is 7.98. The number of ether oxygens (including phenoxy) is 1. The molecule has 0 unspecified atom stereocenters. The molecule has 2 aromatic carbocycles. The fraction of sp³-hybridized carbons (Fsp3) is 0.0952. The topological polar surface area (TPSA) is 94.8 Å². The largest absolute Gasteiger partial charge is 0.573 e. The smallest absolute Gasteiger partial charge is 0.406 e. The van der Waals surface area contributed by atoms with Crippen LogP contribution in [0.25, 0.3) is 5.69 Å². The van der Waals surface area contributed by atoms with Crippen molar-refractivity contribution in [2.24, 2.45) is 0 Å². The number of halogens is 5. The molecule has 0 aliphatic carbocycles. The van der Waals surface area contributed by atoms with Crippen LogP contribution in [0.1, 0.15) is 16.2 Å². The van der Waals surface area contributed by atoms with Gasteiger partial charge in [0.15, 0.2) is 10.9 Å². The van der Waals surface area contributed by atoms with E-state index >= 15 is 0 Å². The van der Waals surface area contributed by atoms with E-state index in [0.717, 1.165) is 18.2 Å². The second-order valence-corrected chi connectivity index (χ2v) is 8.09. The van der Waals surface area contributed by atoms with Crippen molar-refractivity contribution in [1.82, 2.24) is 25.0 Å². The van der Waals surface area contributed by atoms with Gasteiger partial charge in [0.25, 0.3) is 5.91 Å². The van der Waals surface area contributed by atoms with Crippen LogP contribution in [0.5, 0.6) is 5.75 Å². The number of hydrogen-bond donors (Lipinski definition) is 1. The molecule has 14 heteroatoms. The Hall–Kier alpha value is -3.71. The van der Waals surface area contributed by atoms with Crippen LogP contribution in [-0.2, 0) is 5.75 Å². The molecule has 2 aromatic heterocycles. The molecule has 8 nitrogen and oxygen atoms in total. The fourth-order valence-electron chi connectivity index (χ4n) is 2.86. The summed E-state index contributed by atoms with van der Waals surface area (Å²) in [6, 6.07) is 10.2. The minimum atomic E-state index is -4.83. The minimum Gasteiger partial charge on any atom is -0.406 e. The number of hydrogen-bond acceptors (Lipinski definition) is 7. The predicted octanol–water partition coefficient (Wildman–Crippen LogP) is 5.29. The van der Waals surface area contributed by atoms with Crippen molar-refractivity contribution >= 4 is 35.0 Å². The summed E-state index contributed by atoms with van der Waals surface area (Å²) in [4.78, 5) is 21.2. The quantitative estimate of drug-likeness (QED) is 0.199. The molecule has 0 bridgehead atoms. The van der Waals surface area contributed by atoms with Crippen LogP contribution in [0.4, 0.5) is 23.2 Å². The Morgan fingerprint density at radius 2 is 1.83 bits per heavy atom. The molecule has 0 radical (unpaired) electrons. The third kappa shape index (κ3) is 6.25. The van der Waals surface area contributed by atoms with Gasteiger partial charge in [0, 0.05) is 23.8 Å². The lowest BCUT2D eigenvalue weighted by Gasteiger charge is -2.11. The zero-order valence-corrected chi connectivity index (χ0v) is 18.9. The van der Waals surface area contributed by atoms with Crippen LogP contribution < -0.4 is 10.1 Å². The van der Waals surface area contributed by atoms with Gasteiger partial charge in [-0.25, -0.2) is 19.0 Å². The van der Waals surface area contributed by atoms with E-state index in [0.29, 0.717) is 16.5 Å². The Balaban J connectivity index is 1.64. The van der Waals surface area contributed by atoms with E-state index in [2.05, 4.69) is 30.3 Å². The molecular weight excluding hydrogens is 512 g/mol. The summed E-state index contributed by atoms with van der Waals surface area (Å²) in [7, 11) is 0. The van der Waals surface area contributed by atoms with Crippen molar-refractivity contribution in [2.75, 3.05) is 5.32 Å². The first-order valence-corrected chi connectivity index (χ1v) is 11.0. The van der Waals surface area contributed by atoms with E-state index in [4.69, 9.17) is 11.6 Å². The Labute approximate surface area is 204 Å². The van der Waals surface area contributed by atoms with Crippen molar-refractivity contribution in [3.63, 3.8) is 0 Å². The summed E-state index contributed by atoms with van der Waals surface area (Å²) in [5.41, 5.74) is 0.817. The molecule has 0 spiro atoms. The molecule has 180 valence electrons. The number of anilines is 1. The number of benzene rings is 2. The number of aromatic nitrogens is 5. The van der Waals surface area contributed by atoms with E-state index in [1.807, 2.05) is 0 Å². The molecule has 35 heavy (non-hydrogen) atoms. The summed E-state index contributed by atoms with van der Waals surface area (Å²) in [6.07, 6.45) is -1.73. The van der Waals surface area contributed by atoms with Crippen molar-refractivity contribution in [3.05, 3.63) is 83.2 Å². The van der Waals surface area contributed by atoms with E-state index in [9.17, 15) is 22.4 Å². The molecule has 0 saturated carbocycles. The highest BCUT2D eigenvalue weighted by Crippen LogP contribution is 2.27. The number of nitrogens with one attached hydrogen (secondary N) is 1. The first-order valence-electron chi connectivity index (χ1n) is 9.66. The lowest BCUT2D eigenvalue weighted by atomic mass is 10.2. The number of amides is 1. The van der Waals surface area contributed by atoms with Gasteiger partial charge in [0.2, 0.25) is 0 Å². The molecule has 0 aliphatic heterocycles.